The van der Waals surface area contributed by atoms with Crippen molar-refractivity contribution in [2.75, 3.05) is 0 Å². The number of hydrogen-bond donors (Lipinski definition) is 2. The number of nitriles is 1. The minimum atomic E-state index is -4.69. The third kappa shape index (κ3) is 2.46. The van der Waals surface area contributed by atoms with Crippen LogP contribution in [0.3, 0.4) is 0 Å². The molecule has 0 saturated heterocycles. The van der Waals surface area contributed by atoms with E-state index in [2.05, 4.69) is 10.5 Å². The van der Waals surface area contributed by atoms with E-state index in [0.717, 1.165) is 12.1 Å². The van der Waals surface area contributed by atoms with Crippen molar-refractivity contribution >= 4 is 5.71 Å². The molecule has 0 fully saturated rings. The highest BCUT2D eigenvalue weighted by Crippen LogP contribution is 2.44. The maximum Gasteiger partial charge on any atom is 0.431 e. The van der Waals surface area contributed by atoms with Gasteiger partial charge in [0.1, 0.15) is 11.9 Å². The predicted molar refractivity (Wildman–Crippen MR) is 71.0 cm³/mol. The zero-order chi connectivity index (χ0) is 16.8. The Hall–Kier alpha value is -2.76. The number of nitrogens with two attached hydrogens (primary N) is 1. The maximum atomic E-state index is 13.2. The second kappa shape index (κ2) is 5.15. The predicted octanol–water partition coefficient (Wildman–Crippen LogP) is 2.10. The zero-order valence-corrected chi connectivity index (χ0v) is 11.4. The molecule has 9 heteroatoms. The van der Waals surface area contributed by atoms with E-state index in [-0.39, 0.29) is 11.5 Å². The van der Waals surface area contributed by atoms with Gasteiger partial charge in [0, 0.05) is 5.92 Å². The summed E-state index contributed by atoms with van der Waals surface area (Å²) in [6, 6.07) is 6.64. The van der Waals surface area contributed by atoms with Crippen molar-refractivity contribution in [1.29, 1.82) is 5.26 Å². The maximum absolute atomic E-state index is 13.2. The number of ether oxygens (including phenoxy) is 1. The Morgan fingerprint density at radius 2 is 1.91 bits per heavy atom. The molecule has 3 atom stereocenters. The molecule has 120 valence electrons. The molecule has 2 aliphatic rings. The first-order chi connectivity index (χ1) is 10.8. The van der Waals surface area contributed by atoms with Gasteiger partial charge >= 0.3 is 6.18 Å². The van der Waals surface area contributed by atoms with Crippen molar-refractivity contribution in [3.05, 3.63) is 47.1 Å². The molecule has 0 spiro atoms. The van der Waals surface area contributed by atoms with E-state index < -0.39 is 35.8 Å². The normalized spacial score (nSPS) is 26.7. The number of allylic oxidation sites excluding steroid dienone is 1. The highest BCUT2D eigenvalue weighted by Gasteiger charge is 2.55. The summed E-state index contributed by atoms with van der Waals surface area (Å²) in [4.78, 5) is 0. The molecular weight excluding hydrogens is 316 g/mol. The van der Waals surface area contributed by atoms with Gasteiger partial charge in [0.05, 0.1) is 11.5 Å². The molecule has 1 aromatic rings. The van der Waals surface area contributed by atoms with Crippen molar-refractivity contribution in [2.24, 2.45) is 16.8 Å². The van der Waals surface area contributed by atoms with Crippen LogP contribution in [0.5, 0.6) is 0 Å². The van der Waals surface area contributed by atoms with Gasteiger partial charge in [-0.2, -0.15) is 23.5 Å². The van der Waals surface area contributed by atoms with Gasteiger partial charge in [-0.3, -0.25) is 5.43 Å². The number of hydrazone groups is 1. The van der Waals surface area contributed by atoms with Crippen molar-refractivity contribution < 1.29 is 22.3 Å². The topological polar surface area (TPSA) is 83.4 Å². The molecule has 23 heavy (non-hydrogen) atoms. The average molecular weight is 326 g/mol. The van der Waals surface area contributed by atoms with Crippen LogP contribution in [0.15, 0.2) is 40.8 Å². The van der Waals surface area contributed by atoms with E-state index in [1.165, 1.54) is 12.1 Å². The van der Waals surface area contributed by atoms with Gasteiger partial charge < -0.3 is 10.5 Å². The third-order valence-electron chi connectivity index (χ3n) is 3.78. The Morgan fingerprint density at radius 1 is 1.26 bits per heavy atom. The number of benzene rings is 1. The number of hydrogen-bond acceptors (Lipinski definition) is 5. The first-order valence-corrected chi connectivity index (χ1v) is 6.55. The van der Waals surface area contributed by atoms with Gasteiger partial charge in [0.15, 0.2) is 11.9 Å². The van der Waals surface area contributed by atoms with Crippen LogP contribution in [0, 0.1) is 23.1 Å². The van der Waals surface area contributed by atoms with Gasteiger partial charge in [0.25, 0.3) is 0 Å². The first kappa shape index (κ1) is 15.1. The van der Waals surface area contributed by atoms with Crippen molar-refractivity contribution in [3.8, 4) is 6.07 Å². The second-order valence-electron chi connectivity index (χ2n) is 5.11. The molecule has 3 N–H and O–H groups in total. The third-order valence-corrected chi connectivity index (χ3v) is 3.78. The first-order valence-electron chi connectivity index (χ1n) is 6.55. The minimum absolute atomic E-state index is 0.140. The summed E-state index contributed by atoms with van der Waals surface area (Å²) in [6.07, 6.45) is -5.83. The number of alkyl halides is 3. The number of rotatable bonds is 1. The molecule has 5 nitrogen and oxygen atoms in total. The van der Waals surface area contributed by atoms with E-state index in [1.54, 1.807) is 6.07 Å². The summed E-state index contributed by atoms with van der Waals surface area (Å²) < 4.78 is 57.8. The van der Waals surface area contributed by atoms with Crippen molar-refractivity contribution in [3.63, 3.8) is 0 Å². The monoisotopic (exact) mass is 326 g/mol. The lowest BCUT2D eigenvalue weighted by Gasteiger charge is -2.34. The van der Waals surface area contributed by atoms with Crippen molar-refractivity contribution in [2.45, 2.75) is 18.3 Å². The summed E-state index contributed by atoms with van der Waals surface area (Å²) in [5.41, 5.74) is 6.99. The summed E-state index contributed by atoms with van der Waals surface area (Å²) in [5.74, 6) is -3.13. The van der Waals surface area contributed by atoms with Crippen LogP contribution in [-0.4, -0.2) is 18.1 Å². The molecule has 0 aromatic heterocycles. The Bertz CT molecular complexity index is 733. The Kier molecular flexibility index (Phi) is 3.39. The number of fused-ring (bicyclic) bond motifs is 1. The number of nitrogens with one attached hydrogen (secondary N) is 1. The Balaban J connectivity index is 2.13. The molecule has 0 aliphatic carbocycles. The van der Waals surface area contributed by atoms with Crippen LogP contribution >= 0.6 is 0 Å². The number of halogens is 4. The van der Waals surface area contributed by atoms with Crippen LogP contribution in [-0.2, 0) is 4.74 Å². The lowest BCUT2D eigenvalue weighted by Crippen LogP contribution is -2.45. The fourth-order valence-electron chi connectivity index (χ4n) is 2.82. The Labute approximate surface area is 128 Å². The van der Waals surface area contributed by atoms with Gasteiger partial charge in [0.2, 0.25) is 5.88 Å². The summed E-state index contributed by atoms with van der Waals surface area (Å²) in [6.45, 7) is 0. The lowest BCUT2D eigenvalue weighted by molar-refractivity contribution is -0.0661. The Morgan fingerprint density at radius 3 is 2.48 bits per heavy atom. The largest absolute Gasteiger partial charge is 0.453 e. The van der Waals surface area contributed by atoms with Gasteiger partial charge in [-0.1, -0.05) is 12.1 Å². The van der Waals surface area contributed by atoms with Crippen LogP contribution in [0.2, 0.25) is 0 Å². The van der Waals surface area contributed by atoms with E-state index in [0.29, 0.717) is 5.56 Å². The molecule has 1 aromatic carbocycles. The second-order valence-corrected chi connectivity index (χ2v) is 5.11. The smallest absolute Gasteiger partial charge is 0.431 e. The summed E-state index contributed by atoms with van der Waals surface area (Å²) >= 11 is 0. The number of nitrogens with zero attached hydrogens (tertiary/aromatic N) is 2. The summed E-state index contributed by atoms with van der Waals surface area (Å²) in [7, 11) is 0. The van der Waals surface area contributed by atoms with E-state index >= 15 is 0 Å². The van der Waals surface area contributed by atoms with Crippen LogP contribution < -0.4 is 11.2 Å². The van der Waals surface area contributed by atoms with Gasteiger partial charge in [-0.25, -0.2) is 4.39 Å². The van der Waals surface area contributed by atoms with Gasteiger partial charge in [-0.05, 0) is 17.7 Å². The highest BCUT2D eigenvalue weighted by atomic mass is 19.4. The molecule has 3 rings (SSSR count). The summed E-state index contributed by atoms with van der Waals surface area (Å²) in [5, 5.41) is 12.6. The zero-order valence-electron chi connectivity index (χ0n) is 11.4. The van der Waals surface area contributed by atoms with Gasteiger partial charge in [-0.15, -0.1) is 0 Å². The fourth-order valence-corrected chi connectivity index (χ4v) is 2.82. The molecular formula is C14H10F4N4O. The highest BCUT2D eigenvalue weighted by molar-refractivity contribution is 5.94. The van der Waals surface area contributed by atoms with Crippen LogP contribution in [0.4, 0.5) is 17.6 Å². The minimum Gasteiger partial charge on any atom is -0.453 e. The molecule has 0 bridgehead atoms. The molecule has 0 radical (unpaired) electrons. The molecule has 2 aliphatic heterocycles. The fraction of sp³-hybridized carbons (Fsp3) is 0.286. The molecule has 2 heterocycles. The van der Waals surface area contributed by atoms with Crippen molar-refractivity contribution in [1.82, 2.24) is 5.43 Å². The van der Waals surface area contributed by atoms with Crippen LogP contribution in [0.1, 0.15) is 11.5 Å². The molecule has 0 unspecified atom stereocenters. The molecule has 0 saturated carbocycles. The average Bonchev–Trinajstić information content (AvgIpc) is 2.90. The van der Waals surface area contributed by atoms with E-state index in [4.69, 9.17) is 10.5 Å². The van der Waals surface area contributed by atoms with E-state index in [9.17, 15) is 22.8 Å². The van der Waals surface area contributed by atoms with E-state index in [1.807, 2.05) is 0 Å². The lowest BCUT2D eigenvalue weighted by atomic mass is 9.76. The van der Waals surface area contributed by atoms with Crippen LogP contribution in [0.25, 0.3) is 0 Å². The SMILES string of the molecule is N#CC1=C(N)O[C@@H]2NN=C(C(F)(F)F)[C@H]2[C@@H]1c1ccc(F)cc1. The standard InChI is InChI=1S/C14H10F4N4O/c15-7-3-1-6(2-4-7)9-8(5-19)12(20)23-13-10(9)11(21-22-13)14(16,17)18/h1-4,9-10,13,22H,20H2/t9-,10-,13+/m1/s1. The quantitative estimate of drug-likeness (QED) is 0.774. The molecule has 0 amide bonds.